The molecule has 0 bridgehead atoms. The first kappa shape index (κ1) is 8.85. The van der Waals surface area contributed by atoms with E-state index >= 15 is 0 Å². The lowest BCUT2D eigenvalue weighted by atomic mass is 10.1. The van der Waals surface area contributed by atoms with Gasteiger partial charge in [0.05, 0.1) is 17.9 Å². The molecule has 0 aromatic carbocycles. The van der Waals surface area contributed by atoms with E-state index in [1.807, 2.05) is 18.6 Å². The number of fused-ring (bicyclic) bond motifs is 1. The SMILES string of the molecule is c1ncc2[nH]ncc2c1CCNC1CC1. The Morgan fingerprint density at radius 1 is 1.33 bits per heavy atom. The van der Waals surface area contributed by atoms with Crippen molar-refractivity contribution in [1.29, 1.82) is 0 Å². The Hall–Kier alpha value is -1.42. The number of H-pyrrole nitrogens is 1. The Labute approximate surface area is 88.1 Å². The third kappa shape index (κ3) is 1.85. The van der Waals surface area contributed by atoms with Crippen molar-refractivity contribution in [3.8, 4) is 0 Å². The maximum atomic E-state index is 4.20. The standard InChI is InChI=1S/C11H14N4/c1-2-9(1)13-4-3-8-5-12-7-11-10(8)6-14-15-11/h5-7,9,13H,1-4H2,(H,14,15). The molecule has 1 aliphatic rings. The number of hydrogen-bond donors (Lipinski definition) is 2. The summed E-state index contributed by atoms with van der Waals surface area (Å²) in [6, 6.07) is 0.779. The number of pyridine rings is 1. The van der Waals surface area contributed by atoms with E-state index in [1.165, 1.54) is 23.8 Å². The van der Waals surface area contributed by atoms with Gasteiger partial charge in [-0.3, -0.25) is 10.1 Å². The zero-order valence-corrected chi connectivity index (χ0v) is 8.53. The second kappa shape index (κ2) is 3.62. The number of rotatable bonds is 4. The predicted molar refractivity (Wildman–Crippen MR) is 58.6 cm³/mol. The van der Waals surface area contributed by atoms with Crippen LogP contribution in [0.4, 0.5) is 0 Å². The van der Waals surface area contributed by atoms with Crippen LogP contribution in [0.15, 0.2) is 18.6 Å². The topological polar surface area (TPSA) is 53.6 Å². The summed E-state index contributed by atoms with van der Waals surface area (Å²) in [4.78, 5) is 4.20. The van der Waals surface area contributed by atoms with E-state index in [-0.39, 0.29) is 0 Å². The highest BCUT2D eigenvalue weighted by Gasteiger charge is 2.19. The molecule has 1 fully saturated rings. The van der Waals surface area contributed by atoms with E-state index in [2.05, 4.69) is 20.5 Å². The maximum absolute atomic E-state index is 4.20. The Bertz CT molecular complexity index is 458. The van der Waals surface area contributed by atoms with Crippen LogP contribution in [0, 0.1) is 0 Å². The van der Waals surface area contributed by atoms with Gasteiger partial charge >= 0.3 is 0 Å². The van der Waals surface area contributed by atoms with Crippen LogP contribution in [0.1, 0.15) is 18.4 Å². The Kier molecular flexibility index (Phi) is 2.14. The van der Waals surface area contributed by atoms with Gasteiger partial charge in [-0.15, -0.1) is 0 Å². The van der Waals surface area contributed by atoms with Crippen molar-refractivity contribution in [2.24, 2.45) is 0 Å². The summed E-state index contributed by atoms with van der Waals surface area (Å²) in [7, 11) is 0. The smallest absolute Gasteiger partial charge is 0.0836 e. The van der Waals surface area contributed by atoms with Gasteiger partial charge in [0.15, 0.2) is 0 Å². The summed E-state index contributed by atoms with van der Waals surface area (Å²) in [6.45, 7) is 1.04. The van der Waals surface area contributed by atoms with E-state index < -0.39 is 0 Å². The fourth-order valence-corrected chi connectivity index (χ4v) is 1.82. The zero-order valence-electron chi connectivity index (χ0n) is 8.53. The first-order valence-electron chi connectivity index (χ1n) is 5.43. The molecule has 1 aliphatic carbocycles. The van der Waals surface area contributed by atoms with Gasteiger partial charge in [-0.1, -0.05) is 0 Å². The van der Waals surface area contributed by atoms with Gasteiger partial charge in [0.2, 0.25) is 0 Å². The third-order valence-electron chi connectivity index (χ3n) is 2.85. The normalized spacial score (nSPS) is 16.0. The van der Waals surface area contributed by atoms with Gasteiger partial charge < -0.3 is 5.32 Å². The summed E-state index contributed by atoms with van der Waals surface area (Å²) in [5.74, 6) is 0. The molecule has 4 heteroatoms. The van der Waals surface area contributed by atoms with Gasteiger partial charge in [-0.05, 0) is 31.4 Å². The molecule has 2 heterocycles. The highest BCUT2D eigenvalue weighted by Crippen LogP contribution is 2.19. The Morgan fingerprint density at radius 3 is 3.13 bits per heavy atom. The average molecular weight is 202 g/mol. The minimum absolute atomic E-state index is 0.779. The molecule has 78 valence electrons. The van der Waals surface area contributed by atoms with E-state index in [0.29, 0.717) is 0 Å². The largest absolute Gasteiger partial charge is 0.314 e. The van der Waals surface area contributed by atoms with Crippen LogP contribution in [-0.4, -0.2) is 27.8 Å². The van der Waals surface area contributed by atoms with E-state index in [0.717, 1.165) is 24.5 Å². The van der Waals surface area contributed by atoms with Crippen LogP contribution < -0.4 is 5.32 Å². The molecule has 0 radical (unpaired) electrons. The van der Waals surface area contributed by atoms with Crippen molar-refractivity contribution >= 4 is 10.9 Å². The fourth-order valence-electron chi connectivity index (χ4n) is 1.82. The lowest BCUT2D eigenvalue weighted by Crippen LogP contribution is -2.19. The maximum Gasteiger partial charge on any atom is 0.0836 e. The quantitative estimate of drug-likeness (QED) is 0.784. The number of hydrogen-bond acceptors (Lipinski definition) is 3. The molecule has 0 saturated heterocycles. The number of nitrogens with zero attached hydrogens (tertiary/aromatic N) is 2. The van der Waals surface area contributed by atoms with Crippen molar-refractivity contribution in [3.63, 3.8) is 0 Å². The van der Waals surface area contributed by atoms with E-state index in [9.17, 15) is 0 Å². The van der Waals surface area contributed by atoms with Crippen molar-refractivity contribution in [2.45, 2.75) is 25.3 Å². The summed E-state index contributed by atoms with van der Waals surface area (Å²) >= 11 is 0. The van der Waals surface area contributed by atoms with Crippen molar-refractivity contribution in [2.75, 3.05) is 6.54 Å². The van der Waals surface area contributed by atoms with Gasteiger partial charge in [0.25, 0.3) is 0 Å². The molecule has 0 atom stereocenters. The monoisotopic (exact) mass is 202 g/mol. The molecule has 0 aliphatic heterocycles. The minimum atomic E-state index is 0.779. The third-order valence-corrected chi connectivity index (χ3v) is 2.85. The van der Waals surface area contributed by atoms with Crippen LogP contribution >= 0.6 is 0 Å². The number of aromatic nitrogens is 3. The molecule has 3 rings (SSSR count). The lowest BCUT2D eigenvalue weighted by Gasteiger charge is -2.03. The number of aromatic amines is 1. The molecule has 4 nitrogen and oxygen atoms in total. The van der Waals surface area contributed by atoms with E-state index in [1.54, 1.807) is 0 Å². The zero-order chi connectivity index (χ0) is 10.1. The summed E-state index contributed by atoms with van der Waals surface area (Å²) in [5, 5.41) is 11.7. The van der Waals surface area contributed by atoms with Crippen LogP contribution in [0.2, 0.25) is 0 Å². The molecule has 0 spiro atoms. The van der Waals surface area contributed by atoms with Gasteiger partial charge in [0, 0.05) is 17.6 Å². The molecule has 0 unspecified atom stereocenters. The number of nitrogens with one attached hydrogen (secondary N) is 2. The molecule has 1 saturated carbocycles. The van der Waals surface area contributed by atoms with Crippen molar-refractivity contribution in [1.82, 2.24) is 20.5 Å². The molecule has 2 N–H and O–H groups in total. The summed E-state index contributed by atoms with van der Waals surface area (Å²) < 4.78 is 0. The Balaban J connectivity index is 1.74. The predicted octanol–water partition coefficient (Wildman–Crippen LogP) is 1.25. The Morgan fingerprint density at radius 2 is 2.27 bits per heavy atom. The highest BCUT2D eigenvalue weighted by molar-refractivity contribution is 5.80. The lowest BCUT2D eigenvalue weighted by molar-refractivity contribution is 0.683. The second-order valence-corrected chi connectivity index (χ2v) is 4.11. The average Bonchev–Trinajstić information content (AvgIpc) is 2.95. The fraction of sp³-hybridized carbons (Fsp3) is 0.455. The first-order valence-corrected chi connectivity index (χ1v) is 5.43. The molecular weight excluding hydrogens is 188 g/mol. The van der Waals surface area contributed by atoms with Gasteiger partial charge in [-0.25, -0.2) is 0 Å². The summed E-state index contributed by atoms with van der Waals surface area (Å²) in [5.41, 5.74) is 2.30. The van der Waals surface area contributed by atoms with Crippen LogP contribution in [0.3, 0.4) is 0 Å². The van der Waals surface area contributed by atoms with Crippen LogP contribution in [-0.2, 0) is 6.42 Å². The van der Waals surface area contributed by atoms with Crippen molar-refractivity contribution < 1.29 is 0 Å². The first-order chi connectivity index (χ1) is 7.43. The van der Waals surface area contributed by atoms with Crippen molar-refractivity contribution in [3.05, 3.63) is 24.2 Å². The molecule has 15 heavy (non-hydrogen) atoms. The minimum Gasteiger partial charge on any atom is -0.314 e. The molecule has 2 aromatic rings. The highest BCUT2D eigenvalue weighted by atomic mass is 15.1. The molecular formula is C11H14N4. The van der Waals surface area contributed by atoms with Gasteiger partial charge in [-0.2, -0.15) is 5.10 Å². The van der Waals surface area contributed by atoms with E-state index in [4.69, 9.17) is 0 Å². The second-order valence-electron chi connectivity index (χ2n) is 4.11. The molecule has 0 amide bonds. The summed E-state index contributed by atoms with van der Waals surface area (Å²) in [6.07, 6.45) is 9.35. The molecule has 2 aromatic heterocycles. The van der Waals surface area contributed by atoms with Gasteiger partial charge in [0.1, 0.15) is 0 Å². The van der Waals surface area contributed by atoms with Crippen LogP contribution in [0.25, 0.3) is 10.9 Å². The van der Waals surface area contributed by atoms with Crippen LogP contribution in [0.5, 0.6) is 0 Å².